The first kappa shape index (κ1) is 11.5. The highest BCUT2D eigenvalue weighted by atomic mass is 16.5. The van der Waals surface area contributed by atoms with Gasteiger partial charge >= 0.3 is 0 Å². The molecule has 0 spiro atoms. The van der Waals surface area contributed by atoms with E-state index in [1.165, 1.54) is 30.5 Å². The molecular formula is C14H21NO. The van der Waals surface area contributed by atoms with Crippen molar-refractivity contribution in [1.29, 1.82) is 0 Å². The van der Waals surface area contributed by atoms with Crippen molar-refractivity contribution in [2.45, 2.75) is 38.8 Å². The van der Waals surface area contributed by atoms with Crippen molar-refractivity contribution in [3.8, 4) is 0 Å². The quantitative estimate of drug-likeness (QED) is 0.837. The summed E-state index contributed by atoms with van der Waals surface area (Å²) in [6.07, 6.45) is 4.02. The van der Waals surface area contributed by atoms with Crippen LogP contribution in [0, 0.1) is 5.92 Å². The van der Waals surface area contributed by atoms with E-state index in [-0.39, 0.29) is 0 Å². The fourth-order valence-electron chi connectivity index (χ4n) is 2.49. The molecule has 0 aliphatic heterocycles. The fourth-order valence-corrected chi connectivity index (χ4v) is 2.49. The summed E-state index contributed by atoms with van der Waals surface area (Å²) >= 11 is 0. The van der Waals surface area contributed by atoms with E-state index in [2.05, 4.69) is 36.5 Å². The Kier molecular flexibility index (Phi) is 3.83. The summed E-state index contributed by atoms with van der Waals surface area (Å²) in [5.41, 5.74) is 2.46. The van der Waals surface area contributed by atoms with Crippen molar-refractivity contribution < 1.29 is 4.74 Å². The van der Waals surface area contributed by atoms with E-state index in [1.807, 2.05) is 0 Å². The highest BCUT2D eigenvalue weighted by molar-refractivity contribution is 5.46. The molecule has 1 fully saturated rings. The third-order valence-electron chi connectivity index (χ3n) is 3.45. The maximum Gasteiger partial charge on any atom is 0.0713 e. The van der Waals surface area contributed by atoms with E-state index in [9.17, 15) is 0 Å². The van der Waals surface area contributed by atoms with Gasteiger partial charge in [0.25, 0.3) is 0 Å². The number of hydrogen-bond acceptors (Lipinski definition) is 2. The predicted octanol–water partition coefficient (Wildman–Crippen LogP) is 3.43. The summed E-state index contributed by atoms with van der Waals surface area (Å²) in [5, 5.41) is 3.63. The number of methoxy groups -OCH3 is 1. The third-order valence-corrected chi connectivity index (χ3v) is 3.45. The van der Waals surface area contributed by atoms with Crippen LogP contribution in [-0.4, -0.2) is 13.2 Å². The van der Waals surface area contributed by atoms with Gasteiger partial charge in [-0.15, -0.1) is 0 Å². The minimum atomic E-state index is 0.651. The average Bonchev–Trinajstić information content (AvgIpc) is 2.66. The Bertz CT molecular complexity index is 337. The van der Waals surface area contributed by atoms with Crippen molar-refractivity contribution in [2.75, 3.05) is 12.4 Å². The van der Waals surface area contributed by atoms with Crippen LogP contribution >= 0.6 is 0 Å². The fraction of sp³-hybridized carbons (Fsp3) is 0.571. The Labute approximate surface area is 98.0 Å². The number of nitrogens with one attached hydrogen (secondary N) is 1. The molecule has 0 aromatic heterocycles. The SMILES string of the molecule is COCc1cccc(NC2CCCC2C)c1. The van der Waals surface area contributed by atoms with Crippen molar-refractivity contribution in [3.05, 3.63) is 29.8 Å². The summed E-state index contributed by atoms with van der Waals surface area (Å²) in [6.45, 7) is 3.03. The smallest absolute Gasteiger partial charge is 0.0713 e. The molecule has 2 rings (SSSR count). The molecule has 88 valence electrons. The van der Waals surface area contributed by atoms with E-state index < -0.39 is 0 Å². The van der Waals surface area contributed by atoms with Crippen molar-refractivity contribution in [1.82, 2.24) is 0 Å². The van der Waals surface area contributed by atoms with Gasteiger partial charge in [-0.2, -0.15) is 0 Å². The standard InChI is InChI=1S/C14H21NO/c1-11-5-3-8-14(11)15-13-7-4-6-12(9-13)10-16-2/h4,6-7,9,11,14-15H,3,5,8,10H2,1-2H3. The van der Waals surface area contributed by atoms with Crippen LogP contribution in [0.5, 0.6) is 0 Å². The van der Waals surface area contributed by atoms with Gasteiger partial charge in [0.15, 0.2) is 0 Å². The summed E-state index contributed by atoms with van der Waals surface area (Å²) < 4.78 is 5.15. The van der Waals surface area contributed by atoms with Crippen LogP contribution in [0.4, 0.5) is 5.69 Å². The molecular weight excluding hydrogens is 198 g/mol. The average molecular weight is 219 g/mol. The van der Waals surface area contributed by atoms with Crippen LogP contribution in [0.1, 0.15) is 31.7 Å². The molecule has 2 unspecified atom stereocenters. The van der Waals surface area contributed by atoms with Crippen LogP contribution in [0.25, 0.3) is 0 Å². The lowest BCUT2D eigenvalue weighted by molar-refractivity contribution is 0.185. The Balaban J connectivity index is 2.00. The highest BCUT2D eigenvalue weighted by Crippen LogP contribution is 2.28. The molecule has 0 amide bonds. The molecule has 1 N–H and O–H groups in total. The monoisotopic (exact) mass is 219 g/mol. The Morgan fingerprint density at radius 2 is 2.25 bits per heavy atom. The van der Waals surface area contributed by atoms with E-state index >= 15 is 0 Å². The van der Waals surface area contributed by atoms with Gasteiger partial charge in [0, 0.05) is 18.8 Å². The Hall–Kier alpha value is -1.02. The van der Waals surface area contributed by atoms with Gasteiger partial charge in [-0.3, -0.25) is 0 Å². The van der Waals surface area contributed by atoms with Gasteiger partial charge < -0.3 is 10.1 Å². The molecule has 0 bridgehead atoms. The largest absolute Gasteiger partial charge is 0.382 e. The van der Waals surface area contributed by atoms with E-state index in [1.54, 1.807) is 7.11 Å². The maximum absolute atomic E-state index is 5.15. The Morgan fingerprint density at radius 3 is 2.94 bits per heavy atom. The molecule has 2 atom stereocenters. The second kappa shape index (κ2) is 5.35. The normalized spacial score (nSPS) is 24.6. The van der Waals surface area contributed by atoms with Crippen molar-refractivity contribution in [2.24, 2.45) is 5.92 Å². The number of benzene rings is 1. The van der Waals surface area contributed by atoms with E-state index in [0.29, 0.717) is 12.6 Å². The summed E-state index contributed by atoms with van der Waals surface area (Å²) in [5.74, 6) is 0.797. The first-order valence-electron chi connectivity index (χ1n) is 6.14. The molecule has 2 nitrogen and oxygen atoms in total. The van der Waals surface area contributed by atoms with Gasteiger partial charge in [0.2, 0.25) is 0 Å². The second-order valence-corrected chi connectivity index (χ2v) is 4.79. The van der Waals surface area contributed by atoms with E-state index in [0.717, 1.165) is 5.92 Å². The lowest BCUT2D eigenvalue weighted by Gasteiger charge is -2.19. The zero-order valence-electron chi connectivity index (χ0n) is 10.2. The number of anilines is 1. The number of hydrogen-bond donors (Lipinski definition) is 1. The molecule has 1 aromatic rings. The zero-order valence-corrected chi connectivity index (χ0v) is 10.2. The van der Waals surface area contributed by atoms with Gasteiger partial charge in [0.1, 0.15) is 0 Å². The highest BCUT2D eigenvalue weighted by Gasteiger charge is 2.22. The van der Waals surface area contributed by atoms with E-state index in [4.69, 9.17) is 4.74 Å². The summed E-state index contributed by atoms with van der Waals surface area (Å²) in [4.78, 5) is 0. The van der Waals surface area contributed by atoms with Gasteiger partial charge in [-0.25, -0.2) is 0 Å². The van der Waals surface area contributed by atoms with Crippen LogP contribution in [0.2, 0.25) is 0 Å². The van der Waals surface area contributed by atoms with Crippen LogP contribution in [0.3, 0.4) is 0 Å². The molecule has 0 radical (unpaired) electrons. The third kappa shape index (κ3) is 2.76. The minimum absolute atomic E-state index is 0.651. The van der Waals surface area contributed by atoms with Crippen molar-refractivity contribution >= 4 is 5.69 Å². The molecule has 1 aliphatic carbocycles. The Morgan fingerprint density at radius 1 is 1.38 bits per heavy atom. The van der Waals surface area contributed by atoms with Crippen molar-refractivity contribution in [3.63, 3.8) is 0 Å². The van der Waals surface area contributed by atoms with Crippen LogP contribution in [0.15, 0.2) is 24.3 Å². The van der Waals surface area contributed by atoms with Gasteiger partial charge in [-0.1, -0.05) is 25.5 Å². The molecule has 1 saturated carbocycles. The summed E-state index contributed by atoms with van der Waals surface area (Å²) in [7, 11) is 1.74. The first-order chi connectivity index (χ1) is 7.79. The topological polar surface area (TPSA) is 21.3 Å². The van der Waals surface area contributed by atoms with Crippen LogP contribution < -0.4 is 5.32 Å². The van der Waals surface area contributed by atoms with Gasteiger partial charge in [0.05, 0.1) is 6.61 Å². The lowest BCUT2D eigenvalue weighted by atomic mass is 10.1. The maximum atomic E-state index is 5.15. The lowest BCUT2D eigenvalue weighted by Crippen LogP contribution is -2.21. The molecule has 1 aliphatic rings. The minimum Gasteiger partial charge on any atom is -0.382 e. The molecule has 16 heavy (non-hydrogen) atoms. The second-order valence-electron chi connectivity index (χ2n) is 4.79. The molecule has 0 saturated heterocycles. The summed E-state index contributed by atoms with van der Waals surface area (Å²) in [6, 6.07) is 9.18. The molecule has 2 heteroatoms. The number of rotatable bonds is 4. The zero-order chi connectivity index (χ0) is 11.4. The van der Waals surface area contributed by atoms with Crippen LogP contribution in [-0.2, 0) is 11.3 Å². The van der Waals surface area contributed by atoms with Gasteiger partial charge in [-0.05, 0) is 36.5 Å². The first-order valence-corrected chi connectivity index (χ1v) is 6.14. The predicted molar refractivity (Wildman–Crippen MR) is 67.6 cm³/mol. The number of ether oxygens (including phenoxy) is 1. The molecule has 0 heterocycles. The molecule has 1 aromatic carbocycles.